The lowest BCUT2D eigenvalue weighted by Crippen LogP contribution is -2.15. The van der Waals surface area contributed by atoms with Crippen LogP contribution in [-0.2, 0) is 0 Å². The second kappa shape index (κ2) is 4.39. The van der Waals surface area contributed by atoms with Gasteiger partial charge in [-0.2, -0.15) is 0 Å². The van der Waals surface area contributed by atoms with Crippen LogP contribution < -0.4 is 9.47 Å². The van der Waals surface area contributed by atoms with Gasteiger partial charge in [0.2, 0.25) is 0 Å². The summed E-state index contributed by atoms with van der Waals surface area (Å²) in [4.78, 5) is 1.07. The third kappa shape index (κ3) is 2.03. The Hall–Kier alpha value is -0.130. The fourth-order valence-corrected chi connectivity index (χ4v) is 2.96. The number of fused-ring (bicyclic) bond motifs is 1. The number of para-hydroxylation sites is 1. The molecule has 1 aromatic rings. The molecule has 0 N–H and O–H groups in total. The Morgan fingerprint density at radius 3 is 2.92 bits per heavy atom. The molecule has 0 saturated carbocycles. The van der Waals surface area contributed by atoms with Crippen LogP contribution in [0.5, 0.6) is 11.5 Å². The zero-order valence-electron chi connectivity index (χ0n) is 6.73. The molecule has 1 aromatic carbocycles. The van der Waals surface area contributed by atoms with E-state index in [1.54, 1.807) is 10.8 Å². The van der Waals surface area contributed by atoms with Crippen LogP contribution in [0.15, 0.2) is 23.1 Å². The summed E-state index contributed by atoms with van der Waals surface area (Å²) in [6.07, 6.45) is 0. The molecule has 13 heavy (non-hydrogen) atoms. The Balaban J connectivity index is 2.34. The van der Waals surface area contributed by atoms with Crippen molar-refractivity contribution in [3.05, 3.63) is 18.2 Å². The Labute approximate surface area is 89.6 Å². The average Bonchev–Trinajstić information content (AvgIpc) is 2.19. The minimum atomic E-state index is 0.627. The van der Waals surface area contributed by atoms with Crippen LogP contribution in [0.25, 0.3) is 0 Å². The molecule has 2 nitrogen and oxygen atoms in total. The van der Waals surface area contributed by atoms with Crippen molar-refractivity contribution < 1.29 is 9.47 Å². The predicted molar refractivity (Wildman–Crippen MR) is 59.9 cm³/mol. The van der Waals surface area contributed by atoms with Gasteiger partial charge < -0.3 is 9.47 Å². The lowest BCUT2D eigenvalue weighted by Gasteiger charge is -2.19. The van der Waals surface area contributed by atoms with Gasteiger partial charge in [-0.15, -0.1) is 0 Å². The number of ether oxygens (including phenoxy) is 2. The highest BCUT2D eigenvalue weighted by Crippen LogP contribution is 2.44. The molecular formula is C8H8O2S3. The molecule has 0 spiro atoms. The lowest BCUT2D eigenvalue weighted by atomic mass is 10.3. The second-order valence-corrected chi connectivity index (χ2v) is 5.48. The van der Waals surface area contributed by atoms with Gasteiger partial charge in [0.15, 0.2) is 11.5 Å². The first-order chi connectivity index (χ1) is 6.42. The molecule has 1 heterocycles. The van der Waals surface area contributed by atoms with Crippen molar-refractivity contribution >= 4 is 32.3 Å². The first kappa shape index (κ1) is 9.43. The Bertz CT molecular complexity index is 303. The minimum absolute atomic E-state index is 0.627. The second-order valence-electron chi connectivity index (χ2n) is 2.44. The van der Waals surface area contributed by atoms with Crippen molar-refractivity contribution in [3.8, 4) is 11.5 Å². The van der Waals surface area contributed by atoms with E-state index in [1.165, 1.54) is 9.83 Å². The summed E-state index contributed by atoms with van der Waals surface area (Å²) in [5.74, 6) is 1.68. The van der Waals surface area contributed by atoms with E-state index in [2.05, 4.69) is 11.7 Å². The van der Waals surface area contributed by atoms with Crippen LogP contribution in [0.1, 0.15) is 0 Å². The zero-order valence-corrected chi connectivity index (χ0v) is 9.25. The third-order valence-corrected chi connectivity index (χ3v) is 3.67. The van der Waals surface area contributed by atoms with Crippen LogP contribution in [0.3, 0.4) is 0 Å². The Morgan fingerprint density at radius 1 is 1.23 bits per heavy atom. The minimum Gasteiger partial charge on any atom is -0.486 e. The number of hydrogen-bond acceptors (Lipinski definition) is 5. The molecule has 0 unspecified atom stereocenters. The summed E-state index contributed by atoms with van der Waals surface area (Å²) in [5, 5.41) is 0. The largest absolute Gasteiger partial charge is 0.486 e. The van der Waals surface area contributed by atoms with Gasteiger partial charge in [-0.05, 0) is 32.8 Å². The van der Waals surface area contributed by atoms with E-state index >= 15 is 0 Å². The zero-order chi connectivity index (χ0) is 9.10. The molecule has 0 aromatic heterocycles. The van der Waals surface area contributed by atoms with Crippen LogP contribution in [-0.4, -0.2) is 13.2 Å². The maximum atomic E-state index is 5.51. The molecule has 0 fully saturated rings. The van der Waals surface area contributed by atoms with Gasteiger partial charge in [-0.3, -0.25) is 0 Å². The SMILES string of the molecule is SSSc1cccc2c1OCCO2. The van der Waals surface area contributed by atoms with E-state index in [1.807, 2.05) is 18.2 Å². The fourth-order valence-electron chi connectivity index (χ4n) is 1.15. The van der Waals surface area contributed by atoms with Gasteiger partial charge in [-0.25, -0.2) is 0 Å². The van der Waals surface area contributed by atoms with Gasteiger partial charge in [0.1, 0.15) is 13.2 Å². The van der Waals surface area contributed by atoms with Gasteiger partial charge in [0.05, 0.1) is 4.90 Å². The summed E-state index contributed by atoms with van der Waals surface area (Å²) in [6, 6.07) is 5.88. The lowest BCUT2D eigenvalue weighted by molar-refractivity contribution is 0.167. The monoisotopic (exact) mass is 232 g/mol. The van der Waals surface area contributed by atoms with Gasteiger partial charge in [0, 0.05) is 0 Å². The smallest absolute Gasteiger partial charge is 0.175 e. The van der Waals surface area contributed by atoms with Crippen molar-refractivity contribution in [2.45, 2.75) is 4.90 Å². The Kier molecular flexibility index (Phi) is 3.18. The molecule has 5 heteroatoms. The van der Waals surface area contributed by atoms with Crippen molar-refractivity contribution in [2.24, 2.45) is 0 Å². The van der Waals surface area contributed by atoms with Crippen LogP contribution in [0.2, 0.25) is 0 Å². The number of thiol groups is 1. The maximum Gasteiger partial charge on any atom is 0.175 e. The van der Waals surface area contributed by atoms with E-state index in [9.17, 15) is 0 Å². The van der Waals surface area contributed by atoms with Crippen molar-refractivity contribution in [3.63, 3.8) is 0 Å². The highest BCUT2D eigenvalue weighted by atomic mass is 33.5. The molecule has 1 aliphatic rings. The molecule has 1 aliphatic heterocycles. The summed E-state index contributed by atoms with van der Waals surface area (Å²) < 4.78 is 11.0. The fraction of sp³-hybridized carbons (Fsp3) is 0.250. The number of benzene rings is 1. The molecule has 0 atom stereocenters. The molecular weight excluding hydrogens is 224 g/mol. The average molecular weight is 232 g/mol. The van der Waals surface area contributed by atoms with E-state index in [0.29, 0.717) is 13.2 Å². The summed E-state index contributed by atoms with van der Waals surface area (Å²) in [6.45, 7) is 1.26. The number of rotatable bonds is 2. The first-order valence-corrected chi connectivity index (χ1v) is 6.99. The quantitative estimate of drug-likeness (QED) is 0.623. The summed E-state index contributed by atoms with van der Waals surface area (Å²) in [5.41, 5.74) is 0. The van der Waals surface area contributed by atoms with Crippen molar-refractivity contribution in [1.29, 1.82) is 0 Å². The van der Waals surface area contributed by atoms with Gasteiger partial charge >= 0.3 is 0 Å². The molecule has 2 rings (SSSR count). The number of hydrogen-bond donors (Lipinski definition) is 1. The summed E-state index contributed by atoms with van der Waals surface area (Å²) in [7, 11) is 2.97. The van der Waals surface area contributed by atoms with Crippen LogP contribution >= 0.6 is 32.3 Å². The van der Waals surface area contributed by atoms with Crippen LogP contribution in [0.4, 0.5) is 0 Å². The summed E-state index contributed by atoms with van der Waals surface area (Å²) >= 11 is 4.08. The molecule has 0 amide bonds. The van der Waals surface area contributed by atoms with Crippen molar-refractivity contribution in [1.82, 2.24) is 0 Å². The highest BCUT2D eigenvalue weighted by molar-refractivity contribution is 9.05. The Morgan fingerprint density at radius 2 is 2.08 bits per heavy atom. The van der Waals surface area contributed by atoms with Crippen LogP contribution in [0, 0.1) is 0 Å². The van der Waals surface area contributed by atoms with Crippen molar-refractivity contribution in [2.75, 3.05) is 13.2 Å². The first-order valence-electron chi connectivity index (χ1n) is 3.78. The van der Waals surface area contributed by atoms with Gasteiger partial charge in [0.25, 0.3) is 0 Å². The standard InChI is InChI=1S/C8H8O2S3/c11-13-12-7-3-1-2-6-8(7)10-5-4-9-6/h1-3,11H,4-5H2. The normalized spacial score (nSPS) is 14.2. The molecule has 0 saturated heterocycles. The van der Waals surface area contributed by atoms with E-state index < -0.39 is 0 Å². The molecule has 0 radical (unpaired) electrons. The molecule has 0 bridgehead atoms. The predicted octanol–water partition coefficient (Wildman–Crippen LogP) is 3.04. The molecule has 70 valence electrons. The maximum absolute atomic E-state index is 5.51. The highest BCUT2D eigenvalue weighted by Gasteiger charge is 2.15. The van der Waals surface area contributed by atoms with E-state index in [4.69, 9.17) is 9.47 Å². The molecule has 0 aliphatic carbocycles. The topological polar surface area (TPSA) is 18.5 Å². The van der Waals surface area contributed by atoms with E-state index in [-0.39, 0.29) is 0 Å². The van der Waals surface area contributed by atoms with E-state index in [0.717, 1.165) is 16.4 Å². The van der Waals surface area contributed by atoms with Gasteiger partial charge in [-0.1, -0.05) is 17.7 Å². The third-order valence-electron chi connectivity index (χ3n) is 1.66.